The summed E-state index contributed by atoms with van der Waals surface area (Å²) in [5, 5.41) is 54.6. The zero-order chi connectivity index (χ0) is 42.9. The number of carbonyl (C=O) groups is 1. The van der Waals surface area contributed by atoms with E-state index < -0.39 is 78.5 Å². The highest BCUT2D eigenvalue weighted by Gasteiger charge is 2.48. The van der Waals surface area contributed by atoms with Gasteiger partial charge in [0.05, 0.1) is 25.4 Å². The third-order valence-electron chi connectivity index (χ3n) is 11.5. The highest BCUT2D eigenvalue weighted by molar-refractivity contribution is 7.80. The molecule has 14 heteroatoms. The number of ether oxygens (including phenoxy) is 2. The van der Waals surface area contributed by atoms with E-state index in [0.29, 0.717) is 19.3 Å². The maximum absolute atomic E-state index is 12.9. The fourth-order valence-corrected chi connectivity index (χ4v) is 8.27. The lowest BCUT2D eigenvalue weighted by Crippen LogP contribution is -2.61. The van der Waals surface area contributed by atoms with E-state index in [1.54, 1.807) is 0 Å². The molecule has 0 aliphatic carbocycles. The summed E-state index contributed by atoms with van der Waals surface area (Å²) in [6.45, 7) is 3.08. The van der Waals surface area contributed by atoms with Gasteiger partial charge in [0.25, 0.3) is 0 Å². The predicted molar refractivity (Wildman–Crippen MR) is 229 cm³/mol. The SMILES string of the molecule is CCCCCCCCCCCCCCCCCCCCCCCCCCCCC(O)C(=O)NC(COC1OC(CO)C(O)C(OS(=O)(=O)O)C1O)C(O)CCCCC. The van der Waals surface area contributed by atoms with Gasteiger partial charge in [-0.05, 0) is 12.8 Å². The van der Waals surface area contributed by atoms with Gasteiger partial charge in [-0.15, -0.1) is 0 Å². The van der Waals surface area contributed by atoms with Crippen molar-refractivity contribution in [2.24, 2.45) is 0 Å². The molecule has 1 heterocycles. The van der Waals surface area contributed by atoms with Crippen LogP contribution in [0.2, 0.25) is 0 Å². The summed E-state index contributed by atoms with van der Waals surface area (Å²) in [7, 11) is -5.09. The van der Waals surface area contributed by atoms with E-state index in [1.165, 1.54) is 141 Å². The molecule has 8 atom stereocenters. The molecule has 7 N–H and O–H groups in total. The van der Waals surface area contributed by atoms with E-state index in [2.05, 4.69) is 16.4 Å². The van der Waals surface area contributed by atoms with Crippen LogP contribution in [-0.4, -0.2) is 107 Å². The minimum absolute atomic E-state index is 0.264. The Morgan fingerprint density at radius 2 is 1.00 bits per heavy atom. The van der Waals surface area contributed by atoms with Gasteiger partial charge in [0.2, 0.25) is 5.91 Å². The third-order valence-corrected chi connectivity index (χ3v) is 12.0. The molecule has 1 aliphatic rings. The standard InChI is InChI=1S/C44H87NO12S/c1-3-5-7-8-9-10-11-12-13-14-15-16-17-18-19-20-21-22-23-24-25-26-27-28-29-31-33-38(48)43(51)45-36(37(47)32-30-6-4-2)35-55-44-41(50)42(57-58(52,53)54)40(49)39(34-46)56-44/h36-42,44,46-50H,3-35H2,1-2H3,(H,45,51)(H,52,53,54). The topological polar surface area (TPSA) is 212 Å². The van der Waals surface area contributed by atoms with Crippen LogP contribution < -0.4 is 5.32 Å². The molecule has 346 valence electrons. The molecule has 0 radical (unpaired) electrons. The van der Waals surface area contributed by atoms with E-state index in [4.69, 9.17) is 14.0 Å². The van der Waals surface area contributed by atoms with Gasteiger partial charge in [-0.1, -0.05) is 200 Å². The lowest BCUT2D eigenvalue weighted by atomic mass is 9.99. The van der Waals surface area contributed by atoms with Gasteiger partial charge in [0.15, 0.2) is 6.29 Å². The summed E-state index contributed by atoms with van der Waals surface area (Å²) < 4.78 is 47.1. The zero-order valence-corrected chi connectivity index (χ0v) is 37.3. The number of rotatable bonds is 40. The Balaban J connectivity index is 2.18. The lowest BCUT2D eigenvalue weighted by molar-refractivity contribution is -0.298. The number of unbranched alkanes of at least 4 members (excludes halogenated alkanes) is 27. The van der Waals surface area contributed by atoms with Gasteiger partial charge < -0.3 is 40.3 Å². The minimum atomic E-state index is -5.09. The molecule has 0 aromatic heterocycles. The highest BCUT2D eigenvalue weighted by atomic mass is 32.3. The Morgan fingerprint density at radius 3 is 1.40 bits per heavy atom. The van der Waals surface area contributed by atoms with E-state index in [-0.39, 0.29) is 6.42 Å². The second-order valence-corrected chi connectivity index (χ2v) is 17.9. The third kappa shape index (κ3) is 27.8. The molecule has 1 saturated heterocycles. The first-order valence-electron chi connectivity index (χ1n) is 23.5. The van der Waals surface area contributed by atoms with Crippen LogP contribution in [0.4, 0.5) is 0 Å². The fourth-order valence-electron chi connectivity index (χ4n) is 7.76. The Hall–Kier alpha value is -0.940. The number of aliphatic hydroxyl groups is 5. The minimum Gasteiger partial charge on any atom is -0.394 e. The Labute approximate surface area is 352 Å². The molecule has 0 aromatic carbocycles. The molecule has 1 amide bonds. The van der Waals surface area contributed by atoms with Gasteiger partial charge in [0.1, 0.15) is 30.5 Å². The second kappa shape index (κ2) is 35.6. The average molecular weight is 854 g/mol. The molecule has 0 aromatic rings. The number of carbonyl (C=O) groups excluding carboxylic acids is 1. The van der Waals surface area contributed by atoms with Crippen molar-refractivity contribution in [1.82, 2.24) is 5.32 Å². The second-order valence-electron chi connectivity index (χ2n) is 16.9. The van der Waals surface area contributed by atoms with Crippen LogP contribution >= 0.6 is 0 Å². The van der Waals surface area contributed by atoms with Crippen molar-refractivity contribution in [3.8, 4) is 0 Å². The molecule has 1 aliphatic heterocycles. The van der Waals surface area contributed by atoms with Crippen LogP contribution in [0.25, 0.3) is 0 Å². The molecular formula is C44H87NO12S. The molecule has 1 fully saturated rings. The first-order valence-corrected chi connectivity index (χ1v) is 24.9. The van der Waals surface area contributed by atoms with Gasteiger partial charge in [-0.3, -0.25) is 9.35 Å². The van der Waals surface area contributed by atoms with Gasteiger partial charge in [0, 0.05) is 0 Å². The van der Waals surface area contributed by atoms with Crippen molar-refractivity contribution in [2.45, 2.75) is 262 Å². The first-order chi connectivity index (χ1) is 27.9. The maximum Gasteiger partial charge on any atom is 0.397 e. The summed E-state index contributed by atoms with van der Waals surface area (Å²) >= 11 is 0. The largest absolute Gasteiger partial charge is 0.397 e. The predicted octanol–water partition coefficient (Wildman–Crippen LogP) is 7.97. The Bertz CT molecular complexity index is 1070. The molecule has 0 saturated carbocycles. The normalized spacial score (nSPS) is 21.6. The van der Waals surface area contributed by atoms with Crippen LogP contribution in [0.15, 0.2) is 0 Å². The lowest BCUT2D eigenvalue weighted by Gasteiger charge is -2.41. The molecular weight excluding hydrogens is 767 g/mol. The molecule has 8 unspecified atom stereocenters. The van der Waals surface area contributed by atoms with Crippen molar-refractivity contribution >= 4 is 16.3 Å². The van der Waals surface area contributed by atoms with Gasteiger partial charge >= 0.3 is 10.4 Å². The number of aliphatic hydroxyl groups excluding tert-OH is 5. The number of amides is 1. The smallest absolute Gasteiger partial charge is 0.394 e. The van der Waals surface area contributed by atoms with Crippen molar-refractivity contribution in [3.63, 3.8) is 0 Å². The monoisotopic (exact) mass is 854 g/mol. The maximum atomic E-state index is 12.9. The summed E-state index contributed by atoms with van der Waals surface area (Å²) in [5.41, 5.74) is 0. The number of nitrogens with one attached hydrogen (secondary N) is 1. The quantitative estimate of drug-likeness (QED) is 0.0231. The number of hydrogen-bond donors (Lipinski definition) is 7. The summed E-state index contributed by atoms with van der Waals surface area (Å²) in [4.78, 5) is 12.9. The summed E-state index contributed by atoms with van der Waals surface area (Å²) in [6, 6.07) is -1.02. The van der Waals surface area contributed by atoms with E-state index >= 15 is 0 Å². The van der Waals surface area contributed by atoms with E-state index in [1.807, 2.05) is 6.92 Å². The van der Waals surface area contributed by atoms with Crippen molar-refractivity contribution in [2.75, 3.05) is 13.2 Å². The molecule has 0 bridgehead atoms. The summed E-state index contributed by atoms with van der Waals surface area (Å²) in [6.07, 6.45) is 25.9. The van der Waals surface area contributed by atoms with Crippen LogP contribution in [0.5, 0.6) is 0 Å². The van der Waals surface area contributed by atoms with E-state index in [9.17, 15) is 38.7 Å². The highest BCUT2D eigenvalue weighted by Crippen LogP contribution is 2.26. The summed E-state index contributed by atoms with van der Waals surface area (Å²) in [5.74, 6) is -0.677. The molecule has 1 rings (SSSR count). The van der Waals surface area contributed by atoms with Crippen LogP contribution in [-0.2, 0) is 28.9 Å². The fraction of sp³-hybridized carbons (Fsp3) is 0.977. The van der Waals surface area contributed by atoms with Crippen LogP contribution in [0, 0.1) is 0 Å². The van der Waals surface area contributed by atoms with Crippen molar-refractivity contribution in [1.29, 1.82) is 0 Å². The molecule has 58 heavy (non-hydrogen) atoms. The Kier molecular flexibility index (Phi) is 33.8. The van der Waals surface area contributed by atoms with E-state index in [0.717, 1.165) is 32.1 Å². The number of hydrogen-bond acceptors (Lipinski definition) is 11. The van der Waals surface area contributed by atoms with Crippen molar-refractivity contribution < 1.29 is 57.0 Å². The molecule has 0 spiro atoms. The Morgan fingerprint density at radius 1 is 0.621 bits per heavy atom. The van der Waals surface area contributed by atoms with Crippen molar-refractivity contribution in [3.05, 3.63) is 0 Å². The molecule has 13 nitrogen and oxygen atoms in total. The first kappa shape index (κ1) is 55.1. The van der Waals surface area contributed by atoms with Gasteiger partial charge in [-0.25, -0.2) is 4.18 Å². The van der Waals surface area contributed by atoms with Crippen LogP contribution in [0.3, 0.4) is 0 Å². The zero-order valence-electron chi connectivity index (χ0n) is 36.5. The van der Waals surface area contributed by atoms with Crippen LogP contribution in [0.1, 0.15) is 213 Å². The average Bonchev–Trinajstić information content (AvgIpc) is 3.19. The van der Waals surface area contributed by atoms with Gasteiger partial charge in [-0.2, -0.15) is 8.42 Å².